The van der Waals surface area contributed by atoms with Crippen LogP contribution in [-0.2, 0) is 16.0 Å². The number of ether oxygens (including phenoxy) is 3. The van der Waals surface area contributed by atoms with Gasteiger partial charge in [-0.05, 0) is 42.7 Å². The SMILES string of the molecule is COCC(=O)N1CCCc2ccc(NC(=O)c3cccc(OC)c3OC)cc21. The van der Waals surface area contributed by atoms with Gasteiger partial charge < -0.3 is 24.4 Å². The number of anilines is 2. The zero-order chi connectivity index (χ0) is 20.1. The van der Waals surface area contributed by atoms with E-state index < -0.39 is 0 Å². The van der Waals surface area contributed by atoms with E-state index in [-0.39, 0.29) is 18.4 Å². The molecule has 0 saturated heterocycles. The molecule has 28 heavy (non-hydrogen) atoms. The molecule has 2 aromatic carbocycles. The number of carbonyl (C=O) groups is 2. The number of nitrogens with one attached hydrogen (secondary N) is 1. The van der Waals surface area contributed by atoms with Gasteiger partial charge in [-0.3, -0.25) is 9.59 Å². The summed E-state index contributed by atoms with van der Waals surface area (Å²) in [5.74, 6) is 0.442. The number of methoxy groups -OCH3 is 3. The summed E-state index contributed by atoms with van der Waals surface area (Å²) in [7, 11) is 4.52. The summed E-state index contributed by atoms with van der Waals surface area (Å²) in [4.78, 5) is 26.9. The van der Waals surface area contributed by atoms with Crippen LogP contribution in [0.1, 0.15) is 22.3 Å². The Bertz CT molecular complexity index is 881. The third kappa shape index (κ3) is 3.94. The summed E-state index contributed by atoms with van der Waals surface area (Å²) in [6.07, 6.45) is 1.79. The van der Waals surface area contributed by atoms with E-state index in [0.717, 1.165) is 24.1 Å². The van der Waals surface area contributed by atoms with Gasteiger partial charge in [-0.25, -0.2) is 0 Å². The first-order chi connectivity index (χ1) is 13.6. The first kappa shape index (κ1) is 19.7. The Morgan fingerprint density at radius 2 is 1.93 bits per heavy atom. The molecule has 1 N–H and O–H groups in total. The Morgan fingerprint density at radius 1 is 1.11 bits per heavy atom. The van der Waals surface area contributed by atoms with E-state index in [2.05, 4.69) is 5.32 Å². The number of hydrogen-bond donors (Lipinski definition) is 1. The van der Waals surface area contributed by atoms with Crippen molar-refractivity contribution in [2.24, 2.45) is 0 Å². The lowest BCUT2D eigenvalue weighted by Gasteiger charge is -2.30. The van der Waals surface area contributed by atoms with Crippen LogP contribution in [0.5, 0.6) is 11.5 Å². The van der Waals surface area contributed by atoms with Crippen LogP contribution in [0.4, 0.5) is 11.4 Å². The van der Waals surface area contributed by atoms with E-state index in [1.807, 2.05) is 18.2 Å². The highest BCUT2D eigenvalue weighted by Gasteiger charge is 2.23. The van der Waals surface area contributed by atoms with Crippen LogP contribution in [-0.4, -0.2) is 46.3 Å². The molecule has 0 fully saturated rings. The van der Waals surface area contributed by atoms with E-state index in [1.54, 1.807) is 23.1 Å². The smallest absolute Gasteiger partial charge is 0.259 e. The fourth-order valence-electron chi connectivity index (χ4n) is 3.38. The standard InChI is InChI=1S/C21H24N2O5/c1-26-13-19(24)23-11-5-6-14-9-10-15(12-17(14)23)22-21(25)16-7-4-8-18(27-2)20(16)28-3/h4,7-10,12H,5-6,11,13H2,1-3H3,(H,22,25). The molecule has 148 valence electrons. The highest BCUT2D eigenvalue weighted by molar-refractivity contribution is 6.07. The molecule has 3 rings (SSSR count). The summed E-state index contributed by atoms with van der Waals surface area (Å²) < 4.78 is 15.6. The third-order valence-corrected chi connectivity index (χ3v) is 4.68. The lowest BCUT2D eigenvalue weighted by Crippen LogP contribution is -2.37. The highest BCUT2D eigenvalue weighted by atomic mass is 16.5. The average Bonchev–Trinajstić information content (AvgIpc) is 2.72. The maximum atomic E-state index is 12.8. The highest BCUT2D eigenvalue weighted by Crippen LogP contribution is 2.33. The number of carbonyl (C=O) groups excluding carboxylic acids is 2. The maximum absolute atomic E-state index is 12.8. The second-order valence-corrected chi connectivity index (χ2v) is 6.42. The molecule has 7 heteroatoms. The van der Waals surface area contributed by atoms with Crippen molar-refractivity contribution in [2.75, 3.05) is 44.7 Å². The van der Waals surface area contributed by atoms with E-state index >= 15 is 0 Å². The molecule has 1 aliphatic rings. The topological polar surface area (TPSA) is 77.1 Å². The van der Waals surface area contributed by atoms with Gasteiger partial charge >= 0.3 is 0 Å². The second-order valence-electron chi connectivity index (χ2n) is 6.42. The second kappa shape index (κ2) is 8.75. The van der Waals surface area contributed by atoms with Gasteiger partial charge in [0, 0.05) is 25.0 Å². The number of hydrogen-bond acceptors (Lipinski definition) is 5. The molecule has 0 unspecified atom stereocenters. The lowest BCUT2D eigenvalue weighted by atomic mass is 10.0. The minimum Gasteiger partial charge on any atom is -0.493 e. The molecule has 1 aliphatic heterocycles. The van der Waals surface area contributed by atoms with Gasteiger partial charge in [0.2, 0.25) is 0 Å². The summed E-state index contributed by atoms with van der Waals surface area (Å²) >= 11 is 0. The Kier molecular flexibility index (Phi) is 6.16. The number of nitrogens with zero attached hydrogens (tertiary/aromatic N) is 1. The molecule has 2 aromatic rings. The van der Waals surface area contributed by atoms with Crippen molar-refractivity contribution in [2.45, 2.75) is 12.8 Å². The van der Waals surface area contributed by atoms with Crippen LogP contribution in [0.2, 0.25) is 0 Å². The lowest BCUT2D eigenvalue weighted by molar-refractivity contribution is -0.122. The van der Waals surface area contributed by atoms with Crippen LogP contribution < -0.4 is 19.7 Å². The zero-order valence-corrected chi connectivity index (χ0v) is 16.3. The van der Waals surface area contributed by atoms with E-state index in [4.69, 9.17) is 14.2 Å². The molecule has 0 radical (unpaired) electrons. The number of rotatable bonds is 6. The van der Waals surface area contributed by atoms with Crippen molar-refractivity contribution in [1.29, 1.82) is 0 Å². The summed E-state index contributed by atoms with van der Waals surface area (Å²) in [5.41, 5.74) is 2.86. The largest absolute Gasteiger partial charge is 0.493 e. The quantitative estimate of drug-likeness (QED) is 0.829. The summed E-state index contributed by atoms with van der Waals surface area (Å²) in [6.45, 7) is 0.660. The first-order valence-electron chi connectivity index (χ1n) is 9.03. The molecule has 0 spiro atoms. The van der Waals surface area contributed by atoms with Crippen molar-refractivity contribution in [1.82, 2.24) is 0 Å². The van der Waals surface area contributed by atoms with Crippen LogP contribution in [0.15, 0.2) is 36.4 Å². The van der Waals surface area contributed by atoms with Crippen LogP contribution in [0.25, 0.3) is 0 Å². The Labute approximate surface area is 164 Å². The maximum Gasteiger partial charge on any atom is 0.259 e. The van der Waals surface area contributed by atoms with Crippen LogP contribution in [0.3, 0.4) is 0 Å². The molecule has 1 heterocycles. The van der Waals surface area contributed by atoms with Crippen molar-refractivity contribution < 1.29 is 23.8 Å². The fourth-order valence-corrected chi connectivity index (χ4v) is 3.38. The predicted molar refractivity (Wildman–Crippen MR) is 106 cm³/mol. The molecule has 0 bridgehead atoms. The molecule has 0 aromatic heterocycles. The molecule has 7 nitrogen and oxygen atoms in total. The number of aryl methyl sites for hydroxylation is 1. The third-order valence-electron chi connectivity index (χ3n) is 4.68. The number of benzene rings is 2. The monoisotopic (exact) mass is 384 g/mol. The molecule has 0 aliphatic carbocycles. The number of para-hydroxylation sites is 1. The average molecular weight is 384 g/mol. The summed E-state index contributed by atoms with van der Waals surface area (Å²) in [5, 5.41) is 2.88. The summed E-state index contributed by atoms with van der Waals surface area (Å²) in [6, 6.07) is 10.7. The van der Waals surface area contributed by atoms with Gasteiger partial charge in [0.15, 0.2) is 11.5 Å². The van der Waals surface area contributed by atoms with Crippen molar-refractivity contribution in [3.63, 3.8) is 0 Å². The van der Waals surface area contributed by atoms with Gasteiger partial charge in [-0.1, -0.05) is 12.1 Å². The number of fused-ring (bicyclic) bond motifs is 1. The number of amides is 2. The molecular weight excluding hydrogens is 360 g/mol. The Balaban J connectivity index is 1.87. The van der Waals surface area contributed by atoms with E-state index in [9.17, 15) is 9.59 Å². The van der Waals surface area contributed by atoms with Gasteiger partial charge in [-0.2, -0.15) is 0 Å². The van der Waals surface area contributed by atoms with Gasteiger partial charge in [0.1, 0.15) is 6.61 Å². The van der Waals surface area contributed by atoms with Crippen LogP contribution >= 0.6 is 0 Å². The zero-order valence-electron chi connectivity index (χ0n) is 16.3. The van der Waals surface area contributed by atoms with Crippen LogP contribution in [0, 0.1) is 0 Å². The molecule has 0 saturated carbocycles. The Morgan fingerprint density at radius 3 is 2.64 bits per heavy atom. The van der Waals surface area contributed by atoms with Crippen molar-refractivity contribution in [3.05, 3.63) is 47.5 Å². The Hall–Kier alpha value is -3.06. The van der Waals surface area contributed by atoms with Gasteiger partial charge in [0.25, 0.3) is 11.8 Å². The predicted octanol–water partition coefficient (Wildman–Crippen LogP) is 2.88. The minimum absolute atomic E-state index is 0.0248. The van der Waals surface area contributed by atoms with Crippen molar-refractivity contribution in [3.8, 4) is 11.5 Å². The van der Waals surface area contributed by atoms with Gasteiger partial charge in [0.05, 0.1) is 19.8 Å². The van der Waals surface area contributed by atoms with E-state index in [1.165, 1.54) is 21.3 Å². The molecule has 0 atom stereocenters. The first-order valence-corrected chi connectivity index (χ1v) is 9.03. The van der Waals surface area contributed by atoms with E-state index in [0.29, 0.717) is 29.3 Å². The minimum atomic E-state index is -0.318. The van der Waals surface area contributed by atoms with Gasteiger partial charge in [-0.15, -0.1) is 0 Å². The molecular formula is C21H24N2O5. The fraction of sp³-hybridized carbons (Fsp3) is 0.333. The normalized spacial score (nSPS) is 12.9. The van der Waals surface area contributed by atoms with Crippen molar-refractivity contribution >= 4 is 23.2 Å². The molecule has 2 amide bonds.